The van der Waals surface area contributed by atoms with Gasteiger partial charge in [-0.25, -0.2) is 4.68 Å². The molecule has 4 rings (SSSR count). The summed E-state index contributed by atoms with van der Waals surface area (Å²) >= 11 is 0. The first-order chi connectivity index (χ1) is 14.1. The average molecular weight is 384 g/mol. The maximum Gasteiger partial charge on any atom is 0.257 e. The molecule has 1 aromatic heterocycles. The highest BCUT2D eigenvalue weighted by molar-refractivity contribution is 6.08. The number of benzene rings is 3. The minimum atomic E-state index is -0.185. The molecule has 1 amide bonds. The standard InChI is InChI=1S/C22H20N6O/c1-16-12-13-17(14-21(16)28-15-23-25-26-28)24-22(29)19-10-6-7-11-20(19)27(2)18-8-4-3-5-9-18/h3-15H,1-2H3,(H,24,29). The van der Waals surface area contributed by atoms with Crippen molar-refractivity contribution in [3.8, 4) is 5.69 Å². The quantitative estimate of drug-likeness (QED) is 0.563. The number of amides is 1. The van der Waals surface area contributed by atoms with Gasteiger partial charge in [0.25, 0.3) is 5.91 Å². The van der Waals surface area contributed by atoms with E-state index in [1.165, 1.54) is 6.33 Å². The van der Waals surface area contributed by atoms with Crippen LogP contribution in [0.3, 0.4) is 0 Å². The smallest absolute Gasteiger partial charge is 0.257 e. The van der Waals surface area contributed by atoms with Gasteiger partial charge in [-0.1, -0.05) is 36.4 Å². The van der Waals surface area contributed by atoms with E-state index >= 15 is 0 Å². The number of nitrogens with one attached hydrogen (secondary N) is 1. The van der Waals surface area contributed by atoms with Gasteiger partial charge in [0.15, 0.2) is 0 Å². The van der Waals surface area contributed by atoms with Crippen molar-refractivity contribution in [2.24, 2.45) is 0 Å². The molecule has 0 radical (unpaired) electrons. The Hall–Kier alpha value is -4.00. The number of para-hydroxylation sites is 2. The number of nitrogens with zero attached hydrogens (tertiary/aromatic N) is 5. The van der Waals surface area contributed by atoms with Crippen molar-refractivity contribution in [2.45, 2.75) is 6.92 Å². The predicted molar refractivity (Wildman–Crippen MR) is 113 cm³/mol. The van der Waals surface area contributed by atoms with Gasteiger partial charge in [-0.15, -0.1) is 5.10 Å². The zero-order valence-corrected chi connectivity index (χ0v) is 16.1. The zero-order chi connectivity index (χ0) is 20.2. The highest BCUT2D eigenvalue weighted by Crippen LogP contribution is 2.28. The fourth-order valence-electron chi connectivity index (χ4n) is 3.15. The van der Waals surface area contributed by atoms with Gasteiger partial charge in [0.1, 0.15) is 6.33 Å². The Morgan fingerprint density at radius 1 is 1.00 bits per heavy atom. The van der Waals surface area contributed by atoms with Gasteiger partial charge in [-0.05, 0) is 59.3 Å². The summed E-state index contributed by atoms with van der Waals surface area (Å²) in [4.78, 5) is 15.1. The van der Waals surface area contributed by atoms with E-state index in [1.807, 2.05) is 91.7 Å². The first-order valence-corrected chi connectivity index (χ1v) is 9.16. The average Bonchev–Trinajstić information content (AvgIpc) is 3.30. The van der Waals surface area contributed by atoms with Crippen molar-refractivity contribution in [3.05, 3.63) is 90.3 Å². The fourth-order valence-corrected chi connectivity index (χ4v) is 3.15. The molecule has 0 spiro atoms. The molecule has 4 aromatic rings. The number of carbonyl (C=O) groups excluding carboxylic acids is 1. The molecule has 1 N–H and O–H groups in total. The summed E-state index contributed by atoms with van der Waals surface area (Å²) in [5.74, 6) is -0.185. The lowest BCUT2D eigenvalue weighted by Gasteiger charge is -2.22. The molecular formula is C22H20N6O. The van der Waals surface area contributed by atoms with E-state index in [4.69, 9.17) is 0 Å². The lowest BCUT2D eigenvalue weighted by molar-refractivity contribution is 0.102. The third-order valence-electron chi connectivity index (χ3n) is 4.72. The predicted octanol–water partition coefficient (Wildman–Crippen LogP) is 3.99. The monoisotopic (exact) mass is 384 g/mol. The fraction of sp³-hybridized carbons (Fsp3) is 0.0909. The molecule has 0 aliphatic carbocycles. The minimum Gasteiger partial charge on any atom is -0.344 e. The highest BCUT2D eigenvalue weighted by atomic mass is 16.1. The molecule has 0 aliphatic rings. The van der Waals surface area contributed by atoms with Crippen LogP contribution in [0.2, 0.25) is 0 Å². The van der Waals surface area contributed by atoms with Gasteiger partial charge in [0.2, 0.25) is 0 Å². The first-order valence-electron chi connectivity index (χ1n) is 9.16. The Morgan fingerprint density at radius 3 is 2.52 bits per heavy atom. The third-order valence-corrected chi connectivity index (χ3v) is 4.72. The topological polar surface area (TPSA) is 75.9 Å². The van der Waals surface area contributed by atoms with Crippen molar-refractivity contribution >= 4 is 23.0 Å². The van der Waals surface area contributed by atoms with Gasteiger partial charge >= 0.3 is 0 Å². The van der Waals surface area contributed by atoms with Crippen LogP contribution in [0.1, 0.15) is 15.9 Å². The summed E-state index contributed by atoms with van der Waals surface area (Å²) in [7, 11) is 1.95. The van der Waals surface area contributed by atoms with Crippen molar-refractivity contribution in [2.75, 3.05) is 17.3 Å². The van der Waals surface area contributed by atoms with E-state index in [1.54, 1.807) is 4.68 Å². The van der Waals surface area contributed by atoms with Crippen LogP contribution in [0.5, 0.6) is 0 Å². The Balaban J connectivity index is 1.63. The molecule has 1 heterocycles. The van der Waals surface area contributed by atoms with Crippen LogP contribution < -0.4 is 10.2 Å². The van der Waals surface area contributed by atoms with Gasteiger partial charge in [-0.3, -0.25) is 4.79 Å². The summed E-state index contributed by atoms with van der Waals surface area (Å²) in [6.45, 7) is 1.97. The third kappa shape index (κ3) is 3.84. The van der Waals surface area contributed by atoms with Crippen molar-refractivity contribution in [1.29, 1.82) is 0 Å². The van der Waals surface area contributed by atoms with Crippen molar-refractivity contribution in [1.82, 2.24) is 20.2 Å². The van der Waals surface area contributed by atoms with Gasteiger partial charge in [0.05, 0.1) is 16.9 Å². The maximum atomic E-state index is 13.1. The normalized spacial score (nSPS) is 10.6. The molecule has 0 bridgehead atoms. The van der Waals surface area contributed by atoms with E-state index < -0.39 is 0 Å². The van der Waals surface area contributed by atoms with Gasteiger partial charge in [0, 0.05) is 18.4 Å². The molecule has 0 saturated carbocycles. The Morgan fingerprint density at radius 2 is 1.76 bits per heavy atom. The van der Waals surface area contributed by atoms with Crippen LogP contribution in [0, 0.1) is 6.92 Å². The molecule has 7 heteroatoms. The maximum absolute atomic E-state index is 13.1. The van der Waals surface area contributed by atoms with Crippen LogP contribution in [0.15, 0.2) is 79.1 Å². The number of tetrazole rings is 1. The number of anilines is 3. The molecule has 29 heavy (non-hydrogen) atoms. The number of hydrogen-bond acceptors (Lipinski definition) is 5. The van der Waals surface area contributed by atoms with Gasteiger partial charge in [-0.2, -0.15) is 0 Å². The molecule has 0 atom stereocenters. The Kier molecular flexibility index (Phi) is 5.03. The minimum absolute atomic E-state index is 0.185. The molecule has 0 fully saturated rings. The highest BCUT2D eigenvalue weighted by Gasteiger charge is 2.16. The van der Waals surface area contributed by atoms with E-state index in [-0.39, 0.29) is 5.91 Å². The van der Waals surface area contributed by atoms with Crippen LogP contribution in [0.4, 0.5) is 17.1 Å². The molecule has 0 saturated heterocycles. The molecule has 7 nitrogen and oxygen atoms in total. The summed E-state index contributed by atoms with van der Waals surface area (Å²) in [6, 6.07) is 23.1. The van der Waals surface area contributed by atoms with E-state index in [2.05, 4.69) is 20.8 Å². The number of aryl methyl sites for hydroxylation is 1. The van der Waals surface area contributed by atoms with Crippen LogP contribution in [-0.2, 0) is 0 Å². The lowest BCUT2D eigenvalue weighted by Crippen LogP contribution is -2.18. The largest absolute Gasteiger partial charge is 0.344 e. The Labute approximate surface area is 168 Å². The summed E-state index contributed by atoms with van der Waals surface area (Å²) in [6.07, 6.45) is 1.53. The number of aromatic nitrogens is 4. The van der Waals surface area contributed by atoms with E-state index in [0.29, 0.717) is 11.3 Å². The zero-order valence-electron chi connectivity index (χ0n) is 16.1. The van der Waals surface area contributed by atoms with Crippen LogP contribution in [0.25, 0.3) is 5.69 Å². The second kappa shape index (κ2) is 7.93. The Bertz CT molecular complexity index is 1130. The number of rotatable bonds is 5. The van der Waals surface area contributed by atoms with Crippen molar-refractivity contribution in [3.63, 3.8) is 0 Å². The summed E-state index contributed by atoms with van der Waals surface area (Å²) in [5.41, 5.74) is 4.89. The van der Waals surface area contributed by atoms with E-state index in [9.17, 15) is 4.79 Å². The lowest BCUT2D eigenvalue weighted by atomic mass is 10.1. The van der Waals surface area contributed by atoms with Crippen LogP contribution in [-0.4, -0.2) is 33.2 Å². The first kappa shape index (κ1) is 18.4. The number of hydrogen-bond donors (Lipinski definition) is 1. The number of carbonyl (C=O) groups is 1. The summed E-state index contributed by atoms with van der Waals surface area (Å²) < 4.78 is 1.57. The molecule has 0 aliphatic heterocycles. The second-order valence-electron chi connectivity index (χ2n) is 6.62. The molecule has 3 aromatic carbocycles. The van der Waals surface area contributed by atoms with Gasteiger partial charge < -0.3 is 10.2 Å². The molecule has 144 valence electrons. The molecular weight excluding hydrogens is 364 g/mol. The SMILES string of the molecule is Cc1ccc(NC(=O)c2ccccc2N(C)c2ccccc2)cc1-n1cnnn1. The van der Waals surface area contributed by atoms with Crippen LogP contribution >= 0.6 is 0 Å². The second-order valence-corrected chi connectivity index (χ2v) is 6.62. The molecule has 0 unspecified atom stereocenters. The van der Waals surface area contributed by atoms with Crippen molar-refractivity contribution < 1.29 is 4.79 Å². The van der Waals surface area contributed by atoms with E-state index in [0.717, 1.165) is 22.6 Å². The summed E-state index contributed by atoms with van der Waals surface area (Å²) in [5, 5.41) is 14.3.